The van der Waals surface area contributed by atoms with E-state index in [2.05, 4.69) is 25.9 Å². The normalized spacial score (nSPS) is 18.2. The minimum Gasteiger partial charge on any atom is -0.322 e. The molecule has 1 aliphatic heterocycles. The van der Waals surface area contributed by atoms with Gasteiger partial charge in [0.05, 0.1) is 11.3 Å². The summed E-state index contributed by atoms with van der Waals surface area (Å²) < 4.78 is 13.8. The standard InChI is InChI=1S/C18H19FN6O3S/c19-12-7-3-2-6-11(12)14-20-16(23-22-14)29-10-13(26)24-25-15(27)18(21-17(25)28)8-4-1-5-9-18/h2-3,6-7H,1,4-5,8-10H2,(H,21,28)(H,24,26)(H,20,22,23). The Morgan fingerprint density at radius 3 is 2.76 bits per heavy atom. The highest BCUT2D eigenvalue weighted by Crippen LogP contribution is 2.33. The fourth-order valence-electron chi connectivity index (χ4n) is 3.59. The first-order valence-corrected chi connectivity index (χ1v) is 10.2. The molecule has 1 saturated carbocycles. The Hall–Kier alpha value is -2.95. The van der Waals surface area contributed by atoms with Crippen LogP contribution in [0.1, 0.15) is 32.1 Å². The van der Waals surface area contributed by atoms with Crippen LogP contribution in [0.3, 0.4) is 0 Å². The van der Waals surface area contributed by atoms with E-state index in [4.69, 9.17) is 0 Å². The number of nitrogens with one attached hydrogen (secondary N) is 3. The van der Waals surface area contributed by atoms with Crippen LogP contribution in [0.15, 0.2) is 29.4 Å². The number of imide groups is 1. The first kappa shape index (κ1) is 19.4. The Morgan fingerprint density at radius 2 is 2.00 bits per heavy atom. The van der Waals surface area contributed by atoms with Crippen LogP contribution in [0, 0.1) is 5.82 Å². The first-order valence-electron chi connectivity index (χ1n) is 9.25. The second-order valence-electron chi connectivity index (χ2n) is 6.98. The number of hydrazine groups is 1. The van der Waals surface area contributed by atoms with Gasteiger partial charge in [-0.05, 0) is 25.0 Å². The van der Waals surface area contributed by atoms with Crippen LogP contribution in [0.4, 0.5) is 9.18 Å². The minimum absolute atomic E-state index is 0.112. The van der Waals surface area contributed by atoms with Gasteiger partial charge >= 0.3 is 6.03 Å². The second kappa shape index (κ2) is 7.82. The summed E-state index contributed by atoms with van der Waals surface area (Å²) in [5.41, 5.74) is 1.73. The second-order valence-corrected chi connectivity index (χ2v) is 7.93. The summed E-state index contributed by atoms with van der Waals surface area (Å²) in [4.78, 5) is 41.2. The zero-order valence-corrected chi connectivity index (χ0v) is 16.2. The van der Waals surface area contributed by atoms with Gasteiger partial charge in [-0.2, -0.15) is 5.01 Å². The number of hydrogen-bond donors (Lipinski definition) is 3. The summed E-state index contributed by atoms with van der Waals surface area (Å²) in [5.74, 6) is -1.25. The molecule has 1 aliphatic carbocycles. The monoisotopic (exact) mass is 418 g/mol. The minimum atomic E-state index is -0.895. The molecule has 0 radical (unpaired) electrons. The van der Waals surface area contributed by atoms with Crippen LogP contribution in [-0.4, -0.2) is 49.3 Å². The number of carbonyl (C=O) groups excluding carboxylic acids is 3. The van der Waals surface area contributed by atoms with Crippen LogP contribution in [0.25, 0.3) is 11.4 Å². The van der Waals surface area contributed by atoms with Crippen molar-refractivity contribution in [2.24, 2.45) is 0 Å². The lowest BCUT2D eigenvalue weighted by Crippen LogP contribution is -2.51. The molecule has 0 bridgehead atoms. The lowest BCUT2D eigenvalue weighted by molar-refractivity contribution is -0.139. The van der Waals surface area contributed by atoms with Crippen molar-refractivity contribution in [3.8, 4) is 11.4 Å². The van der Waals surface area contributed by atoms with E-state index in [9.17, 15) is 18.8 Å². The third-order valence-corrected chi connectivity index (χ3v) is 5.88. The Morgan fingerprint density at radius 1 is 1.24 bits per heavy atom. The Bertz CT molecular complexity index is 959. The fraction of sp³-hybridized carbons (Fsp3) is 0.389. The number of nitrogens with zero attached hydrogens (tertiary/aromatic N) is 3. The molecular weight excluding hydrogens is 399 g/mol. The average Bonchev–Trinajstić information content (AvgIpc) is 3.27. The van der Waals surface area contributed by atoms with Crippen LogP contribution in [0.2, 0.25) is 0 Å². The number of halogens is 1. The predicted octanol–water partition coefficient (Wildman–Crippen LogP) is 1.99. The third kappa shape index (κ3) is 3.82. The molecule has 2 aliphatic rings. The molecule has 4 rings (SSSR count). The number of amides is 4. The molecule has 11 heteroatoms. The molecule has 1 aromatic heterocycles. The number of carbonyl (C=O) groups is 3. The van der Waals surface area contributed by atoms with E-state index >= 15 is 0 Å². The maximum Gasteiger partial charge on any atom is 0.344 e. The maximum absolute atomic E-state index is 13.8. The summed E-state index contributed by atoms with van der Waals surface area (Å²) in [6, 6.07) is 5.52. The molecule has 2 heterocycles. The molecule has 1 aromatic carbocycles. The van der Waals surface area contributed by atoms with E-state index in [1.807, 2.05) is 0 Å². The largest absolute Gasteiger partial charge is 0.344 e. The van der Waals surface area contributed by atoms with E-state index in [-0.39, 0.29) is 22.3 Å². The number of rotatable bonds is 5. The summed E-state index contributed by atoms with van der Waals surface area (Å²) in [6.45, 7) is 0. The molecular formula is C18H19FN6O3S. The van der Waals surface area contributed by atoms with Crippen molar-refractivity contribution >= 4 is 29.6 Å². The summed E-state index contributed by atoms with van der Waals surface area (Å²) in [5, 5.41) is 10.3. The molecule has 1 spiro atoms. The number of aromatic nitrogens is 3. The number of H-pyrrole nitrogens is 1. The van der Waals surface area contributed by atoms with Crippen LogP contribution in [-0.2, 0) is 9.59 Å². The molecule has 1 saturated heterocycles. The molecule has 9 nitrogen and oxygen atoms in total. The van der Waals surface area contributed by atoms with Crippen molar-refractivity contribution in [2.45, 2.75) is 42.8 Å². The van der Waals surface area contributed by atoms with Gasteiger partial charge in [0.15, 0.2) is 5.82 Å². The van der Waals surface area contributed by atoms with Crippen molar-refractivity contribution in [3.63, 3.8) is 0 Å². The van der Waals surface area contributed by atoms with Gasteiger partial charge in [-0.3, -0.25) is 20.1 Å². The number of urea groups is 1. The van der Waals surface area contributed by atoms with Gasteiger partial charge in [0.1, 0.15) is 11.4 Å². The topological polar surface area (TPSA) is 120 Å². The lowest BCUT2D eigenvalue weighted by Gasteiger charge is -2.30. The summed E-state index contributed by atoms with van der Waals surface area (Å²) in [7, 11) is 0. The van der Waals surface area contributed by atoms with Gasteiger partial charge in [-0.15, -0.1) is 5.10 Å². The average molecular weight is 418 g/mol. The van der Waals surface area contributed by atoms with E-state index < -0.39 is 29.2 Å². The summed E-state index contributed by atoms with van der Waals surface area (Å²) in [6.07, 6.45) is 3.90. The fourth-order valence-corrected chi connectivity index (χ4v) is 4.18. The van der Waals surface area contributed by atoms with Crippen molar-refractivity contribution in [1.82, 2.24) is 30.9 Å². The van der Waals surface area contributed by atoms with Crippen LogP contribution >= 0.6 is 11.8 Å². The van der Waals surface area contributed by atoms with Crippen molar-refractivity contribution in [1.29, 1.82) is 0 Å². The quantitative estimate of drug-likeness (QED) is 0.505. The van der Waals surface area contributed by atoms with Gasteiger partial charge < -0.3 is 5.32 Å². The molecule has 2 fully saturated rings. The highest BCUT2D eigenvalue weighted by Gasteiger charge is 2.52. The molecule has 29 heavy (non-hydrogen) atoms. The van der Waals surface area contributed by atoms with Crippen molar-refractivity contribution in [2.75, 3.05) is 5.75 Å². The van der Waals surface area contributed by atoms with Gasteiger partial charge in [0, 0.05) is 0 Å². The van der Waals surface area contributed by atoms with Crippen LogP contribution < -0.4 is 10.7 Å². The lowest BCUT2D eigenvalue weighted by atomic mass is 9.82. The van der Waals surface area contributed by atoms with Gasteiger partial charge in [-0.25, -0.2) is 14.2 Å². The number of benzene rings is 1. The highest BCUT2D eigenvalue weighted by atomic mass is 32.2. The molecule has 0 atom stereocenters. The van der Waals surface area contributed by atoms with Crippen LogP contribution in [0.5, 0.6) is 0 Å². The Kier molecular flexibility index (Phi) is 5.22. The summed E-state index contributed by atoms with van der Waals surface area (Å²) >= 11 is 1.01. The molecule has 0 unspecified atom stereocenters. The number of aromatic amines is 1. The molecule has 152 valence electrons. The molecule has 2 aromatic rings. The molecule has 4 amide bonds. The van der Waals surface area contributed by atoms with Crippen molar-refractivity contribution in [3.05, 3.63) is 30.1 Å². The number of hydrogen-bond acceptors (Lipinski definition) is 6. The maximum atomic E-state index is 13.8. The van der Waals surface area contributed by atoms with E-state index in [1.54, 1.807) is 18.2 Å². The Labute approximate surface area is 169 Å². The van der Waals surface area contributed by atoms with E-state index in [0.717, 1.165) is 36.0 Å². The Balaban J connectivity index is 1.34. The highest BCUT2D eigenvalue weighted by molar-refractivity contribution is 7.99. The SMILES string of the molecule is O=C(CSc1n[nH]c(-c2ccccc2F)n1)NN1C(=O)NC2(CCCCC2)C1=O. The molecule has 3 N–H and O–H groups in total. The third-order valence-electron chi connectivity index (χ3n) is 5.03. The van der Waals surface area contributed by atoms with Gasteiger partial charge in [0.25, 0.3) is 5.91 Å². The predicted molar refractivity (Wildman–Crippen MR) is 102 cm³/mol. The number of thioether (sulfide) groups is 1. The smallest absolute Gasteiger partial charge is 0.322 e. The zero-order valence-electron chi connectivity index (χ0n) is 15.4. The van der Waals surface area contributed by atoms with Crippen molar-refractivity contribution < 1.29 is 18.8 Å². The zero-order chi connectivity index (χ0) is 20.4. The van der Waals surface area contributed by atoms with E-state index in [0.29, 0.717) is 12.8 Å². The first-order chi connectivity index (χ1) is 14.0. The van der Waals surface area contributed by atoms with E-state index in [1.165, 1.54) is 6.07 Å². The van der Waals surface area contributed by atoms with Gasteiger partial charge in [-0.1, -0.05) is 43.2 Å². The van der Waals surface area contributed by atoms with Gasteiger partial charge in [0.2, 0.25) is 11.1 Å².